The van der Waals surface area contributed by atoms with Crippen molar-refractivity contribution < 1.29 is 4.79 Å². The third-order valence-corrected chi connectivity index (χ3v) is 2.14. The van der Waals surface area contributed by atoms with Crippen molar-refractivity contribution in [3.8, 4) is 12.3 Å². The van der Waals surface area contributed by atoms with E-state index in [0.717, 1.165) is 16.8 Å². The third kappa shape index (κ3) is 1.29. The number of carbonyl (C=O) groups excluding carboxylic acids is 1. The normalized spacial score (nSPS) is 13.1. The van der Waals surface area contributed by atoms with Crippen LogP contribution in [0.25, 0.3) is 5.70 Å². The van der Waals surface area contributed by atoms with Crippen LogP contribution in [0.5, 0.6) is 0 Å². The van der Waals surface area contributed by atoms with Crippen molar-refractivity contribution in [3.63, 3.8) is 0 Å². The van der Waals surface area contributed by atoms with Crippen LogP contribution in [-0.4, -0.2) is 12.3 Å². The van der Waals surface area contributed by atoms with Gasteiger partial charge < -0.3 is 5.32 Å². The molecule has 0 saturated heterocycles. The summed E-state index contributed by atoms with van der Waals surface area (Å²) in [6, 6.07) is 7.49. The Bertz CT molecular complexity index is 452. The highest BCUT2D eigenvalue weighted by Gasteiger charge is 2.19. The summed E-state index contributed by atoms with van der Waals surface area (Å²) in [7, 11) is 0. The van der Waals surface area contributed by atoms with Crippen molar-refractivity contribution in [2.75, 3.05) is 6.54 Å². The summed E-state index contributed by atoms with van der Waals surface area (Å²) in [6.45, 7) is 0.438. The summed E-state index contributed by atoms with van der Waals surface area (Å²) in [5.74, 6) is 2.52. The van der Waals surface area contributed by atoms with Crippen LogP contribution in [0.4, 0.5) is 0 Å². The molecule has 1 aliphatic carbocycles. The van der Waals surface area contributed by atoms with Gasteiger partial charge >= 0.3 is 0 Å². The molecule has 0 atom stereocenters. The van der Waals surface area contributed by atoms with Gasteiger partial charge in [-0.15, -0.1) is 6.42 Å². The lowest BCUT2D eigenvalue weighted by atomic mass is 10.1. The van der Waals surface area contributed by atoms with E-state index < -0.39 is 0 Å². The molecule has 0 aliphatic heterocycles. The van der Waals surface area contributed by atoms with E-state index in [-0.39, 0.29) is 5.78 Å². The molecule has 0 aromatic heterocycles. The number of nitrogens with one attached hydrogen (secondary N) is 1. The summed E-state index contributed by atoms with van der Waals surface area (Å²) in [5, 5.41) is 3.02. The molecule has 68 valence electrons. The molecule has 1 aliphatic rings. The highest BCUT2D eigenvalue weighted by molar-refractivity contribution is 6.16. The highest BCUT2D eigenvalue weighted by atomic mass is 16.1. The topological polar surface area (TPSA) is 29.1 Å². The Labute approximate surface area is 82.6 Å². The molecule has 0 unspecified atom stereocenters. The first-order valence-corrected chi connectivity index (χ1v) is 4.35. The minimum Gasteiger partial charge on any atom is -0.374 e. The maximum absolute atomic E-state index is 11.5. The maximum atomic E-state index is 11.5. The molecule has 0 heterocycles. The zero-order chi connectivity index (χ0) is 9.97. The van der Waals surface area contributed by atoms with Gasteiger partial charge in [-0.2, -0.15) is 0 Å². The zero-order valence-electron chi connectivity index (χ0n) is 7.58. The molecule has 2 nitrogen and oxygen atoms in total. The molecular formula is C12H9NO. The van der Waals surface area contributed by atoms with Crippen LogP contribution in [0, 0.1) is 12.3 Å². The fraction of sp³-hybridized carbons (Fsp3) is 0.0833. The summed E-state index contributed by atoms with van der Waals surface area (Å²) >= 11 is 0. The SMILES string of the molecule is C#CCNC1=CC(=O)c2ccccc21. The number of benzene rings is 1. The van der Waals surface area contributed by atoms with E-state index in [1.165, 1.54) is 0 Å². The van der Waals surface area contributed by atoms with Gasteiger partial charge in [0.05, 0.1) is 6.54 Å². The third-order valence-electron chi connectivity index (χ3n) is 2.14. The molecule has 2 rings (SSSR count). The smallest absolute Gasteiger partial charge is 0.188 e. The summed E-state index contributed by atoms with van der Waals surface area (Å²) in [4.78, 5) is 11.5. The lowest BCUT2D eigenvalue weighted by molar-refractivity contribution is 0.105. The Balaban J connectivity index is 2.35. The Morgan fingerprint density at radius 1 is 1.29 bits per heavy atom. The number of ketones is 1. The molecule has 0 fully saturated rings. The number of terminal acetylenes is 1. The highest BCUT2D eigenvalue weighted by Crippen LogP contribution is 2.24. The molecule has 14 heavy (non-hydrogen) atoms. The van der Waals surface area contributed by atoms with E-state index >= 15 is 0 Å². The van der Waals surface area contributed by atoms with Gasteiger partial charge in [0.15, 0.2) is 5.78 Å². The Kier molecular flexibility index (Phi) is 2.08. The lowest BCUT2D eigenvalue weighted by Crippen LogP contribution is -2.10. The van der Waals surface area contributed by atoms with Crippen molar-refractivity contribution >= 4 is 11.5 Å². The van der Waals surface area contributed by atoms with Gasteiger partial charge in [0.2, 0.25) is 0 Å². The predicted molar refractivity (Wildman–Crippen MR) is 55.6 cm³/mol. The van der Waals surface area contributed by atoms with Gasteiger partial charge in [0.1, 0.15) is 0 Å². The van der Waals surface area contributed by atoms with Crippen molar-refractivity contribution in [2.24, 2.45) is 0 Å². The van der Waals surface area contributed by atoms with Crippen LogP contribution in [0.2, 0.25) is 0 Å². The first-order chi connectivity index (χ1) is 6.83. The summed E-state index contributed by atoms with van der Waals surface area (Å²) in [6.07, 6.45) is 6.72. The quantitative estimate of drug-likeness (QED) is 0.703. The van der Waals surface area contributed by atoms with Crippen molar-refractivity contribution in [1.82, 2.24) is 5.32 Å². The second-order valence-corrected chi connectivity index (χ2v) is 3.03. The average molecular weight is 183 g/mol. The Morgan fingerprint density at radius 3 is 2.71 bits per heavy atom. The van der Waals surface area contributed by atoms with Crippen LogP contribution in [0.1, 0.15) is 15.9 Å². The monoisotopic (exact) mass is 183 g/mol. The number of hydrogen-bond acceptors (Lipinski definition) is 2. The van der Waals surface area contributed by atoms with Crippen molar-refractivity contribution in [2.45, 2.75) is 0 Å². The number of fused-ring (bicyclic) bond motifs is 1. The minimum atomic E-state index is 0.0418. The van der Waals surface area contributed by atoms with Crippen LogP contribution < -0.4 is 5.32 Å². The average Bonchev–Trinajstić information content (AvgIpc) is 2.54. The van der Waals surface area contributed by atoms with E-state index in [9.17, 15) is 4.79 Å². The summed E-state index contributed by atoms with van der Waals surface area (Å²) < 4.78 is 0. The molecule has 0 radical (unpaired) electrons. The first kappa shape index (κ1) is 8.58. The molecule has 0 saturated carbocycles. The van der Waals surface area contributed by atoms with Gasteiger partial charge in [-0.05, 0) is 0 Å². The minimum absolute atomic E-state index is 0.0418. The van der Waals surface area contributed by atoms with Crippen LogP contribution >= 0.6 is 0 Å². The molecule has 1 N–H and O–H groups in total. The fourth-order valence-electron chi connectivity index (χ4n) is 1.51. The van der Waals surface area contributed by atoms with Gasteiger partial charge in [-0.25, -0.2) is 0 Å². The van der Waals surface area contributed by atoms with Crippen molar-refractivity contribution in [1.29, 1.82) is 0 Å². The molecular weight excluding hydrogens is 174 g/mol. The second-order valence-electron chi connectivity index (χ2n) is 3.03. The molecule has 0 spiro atoms. The Hall–Kier alpha value is -2.01. The van der Waals surface area contributed by atoms with Crippen molar-refractivity contribution in [3.05, 3.63) is 41.5 Å². The molecule has 0 amide bonds. The standard InChI is InChI=1S/C12H9NO/c1-2-7-13-11-8-12(14)10-6-4-3-5-9(10)11/h1,3-6,8,13H,7H2. The van der Waals surface area contributed by atoms with E-state index in [4.69, 9.17) is 6.42 Å². The molecule has 1 aromatic rings. The molecule has 2 heteroatoms. The van der Waals surface area contributed by atoms with E-state index in [1.54, 1.807) is 6.08 Å². The number of allylic oxidation sites excluding steroid dienone is 1. The van der Waals surface area contributed by atoms with Gasteiger partial charge in [-0.1, -0.05) is 30.2 Å². The number of rotatable bonds is 2. The zero-order valence-corrected chi connectivity index (χ0v) is 7.58. The van der Waals surface area contributed by atoms with Gasteiger partial charge in [0.25, 0.3) is 0 Å². The van der Waals surface area contributed by atoms with E-state index in [0.29, 0.717) is 6.54 Å². The van der Waals surface area contributed by atoms with Crippen LogP contribution in [0.15, 0.2) is 30.3 Å². The van der Waals surface area contributed by atoms with Crippen LogP contribution in [0.3, 0.4) is 0 Å². The van der Waals surface area contributed by atoms with E-state index in [2.05, 4.69) is 11.2 Å². The molecule has 0 bridgehead atoms. The van der Waals surface area contributed by atoms with E-state index in [1.807, 2.05) is 24.3 Å². The largest absolute Gasteiger partial charge is 0.374 e. The lowest BCUT2D eigenvalue weighted by Gasteiger charge is -2.04. The second kappa shape index (κ2) is 3.39. The maximum Gasteiger partial charge on any atom is 0.188 e. The fourth-order valence-corrected chi connectivity index (χ4v) is 1.51. The van der Waals surface area contributed by atoms with Gasteiger partial charge in [0, 0.05) is 22.9 Å². The molecule has 1 aromatic carbocycles. The number of hydrogen-bond donors (Lipinski definition) is 1. The Morgan fingerprint density at radius 2 is 2.00 bits per heavy atom. The number of carbonyl (C=O) groups is 1. The summed E-state index contributed by atoms with van der Waals surface area (Å²) in [5.41, 5.74) is 2.50. The van der Waals surface area contributed by atoms with Gasteiger partial charge in [-0.3, -0.25) is 4.79 Å². The first-order valence-electron chi connectivity index (χ1n) is 4.35. The predicted octanol–water partition coefficient (Wildman–Crippen LogP) is 1.45. The van der Waals surface area contributed by atoms with Crippen LogP contribution in [-0.2, 0) is 0 Å².